The number of amides is 1. The molecule has 3 rings (SSSR count). The molecule has 32 heavy (non-hydrogen) atoms. The summed E-state index contributed by atoms with van der Waals surface area (Å²) in [6, 6.07) is 5.97. The van der Waals surface area contributed by atoms with Crippen LogP contribution in [0.2, 0.25) is 5.02 Å². The molecule has 168 valence electrons. The number of carbonyl (C=O) groups is 1. The molecule has 0 saturated carbocycles. The molecule has 11 heteroatoms. The van der Waals surface area contributed by atoms with E-state index in [1.807, 2.05) is 0 Å². The maximum Gasteiger partial charge on any atom is 0.419 e. The van der Waals surface area contributed by atoms with E-state index in [-0.39, 0.29) is 34.1 Å². The van der Waals surface area contributed by atoms with E-state index in [1.54, 1.807) is 0 Å². The number of hydrogen-bond acceptors (Lipinski definition) is 5. The Balaban J connectivity index is 2.06. The number of nitrogens with one attached hydrogen (secondary N) is 2. The second-order valence-corrected chi connectivity index (χ2v) is 7.28. The molecule has 0 aliphatic rings. The fourth-order valence-corrected chi connectivity index (χ4v) is 2.96. The minimum atomic E-state index is -4.78. The van der Waals surface area contributed by atoms with Crippen molar-refractivity contribution in [2.24, 2.45) is 0 Å². The molecule has 0 spiro atoms. The summed E-state index contributed by atoms with van der Waals surface area (Å²) in [6.07, 6.45) is -2.56. The zero-order valence-corrected chi connectivity index (χ0v) is 17.3. The number of nitrogens with zero attached hydrogens (tertiary/aromatic N) is 2. The molecule has 0 radical (unpaired) electrons. The number of anilines is 2. The van der Waals surface area contributed by atoms with Gasteiger partial charge in [0.05, 0.1) is 34.3 Å². The lowest BCUT2D eigenvalue weighted by molar-refractivity contribution is -0.137. The van der Waals surface area contributed by atoms with Crippen LogP contribution in [0.1, 0.15) is 22.8 Å². The zero-order valence-electron chi connectivity index (χ0n) is 16.5. The lowest BCUT2D eigenvalue weighted by Crippen LogP contribution is -2.31. The number of carbonyl (C=O) groups excluding carboxylic acids is 1. The van der Waals surface area contributed by atoms with E-state index < -0.39 is 35.3 Å². The molecule has 0 fully saturated rings. The Bertz CT molecular complexity index is 1140. The largest absolute Gasteiger partial charge is 0.419 e. The van der Waals surface area contributed by atoms with Crippen molar-refractivity contribution < 1.29 is 27.5 Å². The van der Waals surface area contributed by atoms with Gasteiger partial charge in [0.1, 0.15) is 5.82 Å². The number of benzene rings is 1. The molecule has 0 aliphatic heterocycles. The number of aromatic nitrogens is 2. The van der Waals surface area contributed by atoms with Crippen LogP contribution >= 0.6 is 11.6 Å². The third kappa shape index (κ3) is 5.51. The topological polar surface area (TPSA) is 87.1 Å². The Morgan fingerprint density at radius 1 is 1.19 bits per heavy atom. The monoisotopic (exact) mass is 468 g/mol. The number of rotatable bonds is 6. The normalized spacial score (nSPS) is 12.3. The fourth-order valence-electron chi connectivity index (χ4n) is 2.79. The SMILES string of the molecule is CC(O)CNC(=O)c1cnccc1Nc1cc(-c2cc(Cl)ccc2F)ncc1C(F)(F)F. The summed E-state index contributed by atoms with van der Waals surface area (Å²) in [5.74, 6) is -1.36. The minimum Gasteiger partial charge on any atom is -0.392 e. The first-order valence-electron chi connectivity index (χ1n) is 9.26. The third-order valence-corrected chi connectivity index (χ3v) is 4.54. The molecule has 1 unspecified atom stereocenters. The molecule has 1 atom stereocenters. The summed E-state index contributed by atoms with van der Waals surface area (Å²) < 4.78 is 55.1. The lowest BCUT2D eigenvalue weighted by atomic mass is 10.1. The van der Waals surface area contributed by atoms with E-state index in [9.17, 15) is 27.5 Å². The molecule has 2 heterocycles. The number of aliphatic hydroxyl groups is 1. The molecular weight excluding hydrogens is 452 g/mol. The molecule has 1 aromatic carbocycles. The van der Waals surface area contributed by atoms with Gasteiger partial charge in [0.25, 0.3) is 5.91 Å². The van der Waals surface area contributed by atoms with Crippen LogP contribution in [0.5, 0.6) is 0 Å². The highest BCUT2D eigenvalue weighted by molar-refractivity contribution is 6.30. The van der Waals surface area contributed by atoms with Gasteiger partial charge in [-0.05, 0) is 37.3 Å². The minimum absolute atomic E-state index is 0.0253. The van der Waals surface area contributed by atoms with Gasteiger partial charge in [-0.2, -0.15) is 13.2 Å². The summed E-state index contributed by atoms with van der Waals surface area (Å²) in [5.41, 5.74) is -1.76. The highest BCUT2D eigenvalue weighted by atomic mass is 35.5. The van der Waals surface area contributed by atoms with Crippen LogP contribution in [0.3, 0.4) is 0 Å². The van der Waals surface area contributed by atoms with Crippen LogP contribution in [-0.4, -0.2) is 33.6 Å². The van der Waals surface area contributed by atoms with E-state index >= 15 is 0 Å². The highest BCUT2D eigenvalue weighted by Gasteiger charge is 2.35. The van der Waals surface area contributed by atoms with Crippen LogP contribution in [0.4, 0.5) is 28.9 Å². The molecule has 0 bridgehead atoms. The predicted octanol–water partition coefficient (Wildman–Crippen LogP) is 4.81. The van der Waals surface area contributed by atoms with Crippen molar-refractivity contribution in [1.29, 1.82) is 0 Å². The van der Waals surface area contributed by atoms with E-state index in [1.165, 1.54) is 37.5 Å². The number of hydrogen-bond donors (Lipinski definition) is 3. The predicted molar refractivity (Wildman–Crippen MR) is 111 cm³/mol. The lowest BCUT2D eigenvalue weighted by Gasteiger charge is -2.17. The smallest absolute Gasteiger partial charge is 0.392 e. The van der Waals surface area contributed by atoms with Crippen LogP contribution in [0.25, 0.3) is 11.3 Å². The van der Waals surface area contributed by atoms with Gasteiger partial charge in [-0.25, -0.2) is 4.39 Å². The van der Waals surface area contributed by atoms with Crippen LogP contribution in [-0.2, 0) is 6.18 Å². The number of aliphatic hydroxyl groups excluding tert-OH is 1. The molecule has 0 saturated heterocycles. The Kier molecular flexibility index (Phi) is 6.95. The van der Waals surface area contributed by atoms with Crippen molar-refractivity contribution in [3.8, 4) is 11.3 Å². The van der Waals surface area contributed by atoms with E-state index in [2.05, 4.69) is 20.6 Å². The Labute approximate surface area is 185 Å². The van der Waals surface area contributed by atoms with Crippen molar-refractivity contribution in [3.63, 3.8) is 0 Å². The van der Waals surface area contributed by atoms with E-state index in [4.69, 9.17) is 11.6 Å². The molecule has 2 aromatic heterocycles. The molecule has 0 aliphatic carbocycles. The zero-order chi connectivity index (χ0) is 23.5. The van der Waals surface area contributed by atoms with Crippen LogP contribution in [0, 0.1) is 5.82 Å². The van der Waals surface area contributed by atoms with Crippen molar-refractivity contribution >= 4 is 28.9 Å². The second-order valence-electron chi connectivity index (χ2n) is 6.84. The standard InChI is InChI=1S/C21H17ClF4N4O2/c1-11(31)8-29-20(32)14-9-27-5-4-17(14)30-19-7-18(28-10-15(19)21(24,25)26)13-6-12(22)2-3-16(13)23/h2-7,9-11,31H,8H2,1H3,(H,29,32)(H,27,28,30). The Hall–Kier alpha value is -3.24. The molecular formula is C21H17ClF4N4O2. The van der Waals surface area contributed by atoms with Gasteiger partial charge in [0, 0.05) is 35.7 Å². The summed E-state index contributed by atoms with van der Waals surface area (Å²) in [5, 5.41) is 14.6. The number of alkyl halides is 3. The maximum absolute atomic E-state index is 14.2. The number of halogens is 5. The van der Waals surface area contributed by atoms with Crippen LogP contribution in [0.15, 0.2) is 48.9 Å². The maximum atomic E-state index is 14.2. The summed E-state index contributed by atoms with van der Waals surface area (Å²) in [6.45, 7) is 1.40. The Morgan fingerprint density at radius 2 is 1.94 bits per heavy atom. The fraction of sp³-hybridized carbons (Fsp3) is 0.190. The van der Waals surface area contributed by atoms with Crippen molar-refractivity contribution in [3.05, 3.63) is 70.9 Å². The van der Waals surface area contributed by atoms with E-state index in [0.29, 0.717) is 6.20 Å². The van der Waals surface area contributed by atoms with Crippen molar-refractivity contribution in [1.82, 2.24) is 15.3 Å². The first kappa shape index (κ1) is 23.4. The molecule has 3 N–H and O–H groups in total. The van der Waals surface area contributed by atoms with Gasteiger partial charge >= 0.3 is 6.18 Å². The second kappa shape index (κ2) is 9.49. The first-order chi connectivity index (χ1) is 15.1. The summed E-state index contributed by atoms with van der Waals surface area (Å²) >= 11 is 5.89. The molecule has 6 nitrogen and oxygen atoms in total. The van der Waals surface area contributed by atoms with Gasteiger partial charge in [-0.3, -0.25) is 14.8 Å². The van der Waals surface area contributed by atoms with E-state index in [0.717, 1.165) is 12.1 Å². The average Bonchev–Trinajstić information content (AvgIpc) is 2.73. The number of pyridine rings is 2. The van der Waals surface area contributed by atoms with Gasteiger partial charge in [0.15, 0.2) is 0 Å². The van der Waals surface area contributed by atoms with Gasteiger partial charge in [-0.1, -0.05) is 11.6 Å². The molecule has 3 aromatic rings. The summed E-state index contributed by atoms with van der Waals surface area (Å²) in [4.78, 5) is 20.0. The summed E-state index contributed by atoms with van der Waals surface area (Å²) in [7, 11) is 0. The van der Waals surface area contributed by atoms with Gasteiger partial charge < -0.3 is 15.7 Å². The third-order valence-electron chi connectivity index (χ3n) is 4.31. The quantitative estimate of drug-likeness (QED) is 0.452. The van der Waals surface area contributed by atoms with Gasteiger partial charge in [-0.15, -0.1) is 0 Å². The highest BCUT2D eigenvalue weighted by Crippen LogP contribution is 2.38. The first-order valence-corrected chi connectivity index (χ1v) is 9.64. The van der Waals surface area contributed by atoms with Crippen molar-refractivity contribution in [2.75, 3.05) is 11.9 Å². The average molecular weight is 469 g/mol. The molecule has 1 amide bonds. The van der Waals surface area contributed by atoms with Crippen LogP contribution < -0.4 is 10.6 Å². The van der Waals surface area contributed by atoms with Gasteiger partial charge in [0.2, 0.25) is 0 Å². The Morgan fingerprint density at radius 3 is 2.62 bits per heavy atom. The van der Waals surface area contributed by atoms with Crippen molar-refractivity contribution in [2.45, 2.75) is 19.2 Å².